The maximum absolute atomic E-state index is 13.4. The molecule has 0 aliphatic heterocycles. The second-order valence-corrected chi connectivity index (χ2v) is 9.14. The fraction of sp³-hybridized carbons (Fsp3) is 0.130. The second-order valence-electron chi connectivity index (χ2n) is 7.79. The Morgan fingerprint density at radius 1 is 0.848 bits per heavy atom. The Bertz CT molecular complexity index is 1470. The number of hydrogen-bond acceptors (Lipinski definition) is 8. The Balaban J connectivity index is 0.00000306. The number of carbonyl (C=O) groups excluding carboxylic acids is 2. The van der Waals surface area contributed by atoms with Crippen molar-refractivity contribution in [1.29, 1.82) is 0 Å². The summed E-state index contributed by atoms with van der Waals surface area (Å²) in [5.41, 5.74) is 14.8. The molecule has 0 radical (unpaired) electrons. The van der Waals surface area contributed by atoms with Gasteiger partial charge in [-0.2, -0.15) is 0 Å². The largest absolute Gasteiger partial charge is 1.00 e. The molecule has 3 aromatic carbocycles. The number of nitrogens with two attached hydrogens (primary N) is 2. The van der Waals surface area contributed by atoms with Crippen LogP contribution in [0.4, 0.5) is 22.7 Å². The van der Waals surface area contributed by atoms with Gasteiger partial charge < -0.3 is 21.3 Å². The van der Waals surface area contributed by atoms with Crippen LogP contribution in [0.1, 0.15) is 48.5 Å². The molecular weight excluding hydrogens is 453 g/mol. The minimum atomic E-state index is -5.04. The van der Waals surface area contributed by atoms with Crippen LogP contribution in [0.15, 0.2) is 41.3 Å². The molecule has 33 heavy (non-hydrogen) atoms. The fourth-order valence-corrected chi connectivity index (χ4v) is 4.76. The number of rotatable bonds is 3. The average Bonchev–Trinajstić information content (AvgIpc) is 2.73. The molecule has 1 aliphatic rings. The Morgan fingerprint density at radius 3 is 1.94 bits per heavy atom. The summed E-state index contributed by atoms with van der Waals surface area (Å²) >= 11 is 0. The molecule has 10 heteroatoms. The first kappa shape index (κ1) is 24.9. The molecule has 0 aromatic heterocycles. The van der Waals surface area contributed by atoms with Crippen molar-refractivity contribution in [3.05, 3.63) is 75.3 Å². The van der Waals surface area contributed by atoms with Crippen molar-refractivity contribution in [3.8, 4) is 0 Å². The van der Waals surface area contributed by atoms with Gasteiger partial charge in [0.05, 0.1) is 27.4 Å². The number of nitrogen functional groups attached to an aromatic ring is 2. The molecule has 3 aromatic rings. The van der Waals surface area contributed by atoms with E-state index in [0.29, 0.717) is 16.9 Å². The average molecular weight is 473 g/mol. The molecule has 0 unspecified atom stereocenters. The van der Waals surface area contributed by atoms with E-state index >= 15 is 0 Å². The van der Waals surface area contributed by atoms with Gasteiger partial charge in [0.25, 0.3) is 0 Å². The summed E-state index contributed by atoms with van der Waals surface area (Å²) in [5, 5.41) is 3.05. The van der Waals surface area contributed by atoms with Crippen molar-refractivity contribution < 1.29 is 52.1 Å². The van der Waals surface area contributed by atoms with Crippen LogP contribution in [0.25, 0.3) is 0 Å². The van der Waals surface area contributed by atoms with Gasteiger partial charge in [0.2, 0.25) is 0 Å². The third-order valence-corrected chi connectivity index (χ3v) is 6.64. The third-order valence-electron chi connectivity index (χ3n) is 5.76. The van der Waals surface area contributed by atoms with Crippen LogP contribution >= 0.6 is 0 Å². The van der Waals surface area contributed by atoms with E-state index in [9.17, 15) is 22.6 Å². The van der Waals surface area contributed by atoms with Gasteiger partial charge >= 0.3 is 29.6 Å². The van der Waals surface area contributed by atoms with Crippen LogP contribution in [0.5, 0.6) is 0 Å². The number of benzene rings is 3. The first-order chi connectivity index (χ1) is 14.9. The predicted molar refractivity (Wildman–Crippen MR) is 120 cm³/mol. The van der Waals surface area contributed by atoms with Crippen LogP contribution in [0.3, 0.4) is 0 Å². The minimum Gasteiger partial charge on any atom is -0.744 e. The van der Waals surface area contributed by atoms with E-state index in [1.54, 1.807) is 19.1 Å². The van der Waals surface area contributed by atoms with E-state index in [4.69, 9.17) is 11.5 Å². The van der Waals surface area contributed by atoms with Crippen molar-refractivity contribution in [3.63, 3.8) is 0 Å². The van der Waals surface area contributed by atoms with Crippen LogP contribution in [0, 0.1) is 20.8 Å². The van der Waals surface area contributed by atoms with Crippen molar-refractivity contribution in [2.45, 2.75) is 25.7 Å². The number of nitrogens with one attached hydrogen (secondary N) is 1. The molecule has 0 saturated carbocycles. The van der Waals surface area contributed by atoms with Gasteiger partial charge in [-0.1, -0.05) is 30.3 Å². The summed E-state index contributed by atoms with van der Waals surface area (Å²) in [6.07, 6.45) is 0. The van der Waals surface area contributed by atoms with Crippen molar-refractivity contribution in [2.75, 3.05) is 16.8 Å². The molecule has 0 saturated heterocycles. The summed E-state index contributed by atoms with van der Waals surface area (Å²) in [5.74, 6) is -1.13. The van der Waals surface area contributed by atoms with Gasteiger partial charge in [-0.25, -0.2) is 8.42 Å². The molecular formula is C23H20N3NaO5S. The van der Waals surface area contributed by atoms with Crippen LogP contribution < -0.4 is 46.3 Å². The Kier molecular flexibility index (Phi) is 6.49. The summed E-state index contributed by atoms with van der Waals surface area (Å²) in [7, 11) is -5.04. The van der Waals surface area contributed by atoms with Crippen LogP contribution in [-0.2, 0) is 10.1 Å². The van der Waals surface area contributed by atoms with E-state index in [2.05, 4.69) is 5.32 Å². The first-order valence-corrected chi connectivity index (χ1v) is 11.1. The van der Waals surface area contributed by atoms with Crippen LogP contribution in [-0.4, -0.2) is 24.5 Å². The third kappa shape index (κ3) is 3.96. The number of fused-ring (bicyclic) bond motifs is 2. The van der Waals surface area contributed by atoms with E-state index in [0.717, 1.165) is 17.2 Å². The van der Waals surface area contributed by atoms with E-state index in [1.165, 1.54) is 12.1 Å². The predicted octanol–water partition coefficient (Wildman–Crippen LogP) is 0.203. The van der Waals surface area contributed by atoms with E-state index in [-0.39, 0.29) is 57.5 Å². The van der Waals surface area contributed by atoms with Crippen molar-refractivity contribution >= 4 is 44.4 Å². The maximum atomic E-state index is 13.4. The molecule has 4 rings (SSSR count). The summed E-state index contributed by atoms with van der Waals surface area (Å²) in [4.78, 5) is 25.8. The smallest absolute Gasteiger partial charge is 0.744 e. The number of anilines is 4. The summed E-state index contributed by atoms with van der Waals surface area (Å²) in [6.45, 7) is 5.44. The summed E-state index contributed by atoms with van der Waals surface area (Å²) < 4.78 is 35.8. The van der Waals surface area contributed by atoms with Crippen molar-refractivity contribution in [2.24, 2.45) is 0 Å². The SMILES string of the molecule is Cc1cc(C)c(Nc2cc(S(=O)(=O)[O-])c(N)c3c2C(=O)c2ccccc2C3=O)c(C)c1N.[Na+]. The zero-order valence-corrected chi connectivity index (χ0v) is 21.4. The topological polar surface area (TPSA) is 155 Å². The molecule has 0 fully saturated rings. The molecule has 164 valence electrons. The molecule has 0 heterocycles. The van der Waals surface area contributed by atoms with Crippen LogP contribution in [0.2, 0.25) is 0 Å². The second kappa shape index (κ2) is 8.58. The molecule has 0 bridgehead atoms. The quantitative estimate of drug-likeness (QED) is 0.217. The molecule has 0 amide bonds. The zero-order valence-electron chi connectivity index (χ0n) is 18.6. The van der Waals surface area contributed by atoms with Gasteiger partial charge in [0, 0.05) is 22.5 Å². The van der Waals surface area contributed by atoms with Gasteiger partial charge in [-0.05, 0) is 43.5 Å². The Hall–Kier alpha value is -2.69. The maximum Gasteiger partial charge on any atom is 1.00 e. The fourth-order valence-electron chi connectivity index (χ4n) is 4.13. The van der Waals surface area contributed by atoms with Crippen molar-refractivity contribution in [1.82, 2.24) is 0 Å². The zero-order chi connectivity index (χ0) is 23.5. The molecule has 1 aliphatic carbocycles. The first-order valence-electron chi connectivity index (χ1n) is 9.67. The Labute approximate surface area is 213 Å². The molecule has 0 atom stereocenters. The monoisotopic (exact) mass is 473 g/mol. The molecule has 0 spiro atoms. The van der Waals surface area contributed by atoms with Gasteiger partial charge in [0.1, 0.15) is 10.1 Å². The molecule has 5 N–H and O–H groups in total. The van der Waals surface area contributed by atoms with E-state index < -0.39 is 32.3 Å². The minimum absolute atomic E-state index is 0. The summed E-state index contributed by atoms with van der Waals surface area (Å²) in [6, 6.07) is 9.01. The Morgan fingerprint density at radius 2 is 1.39 bits per heavy atom. The van der Waals surface area contributed by atoms with E-state index in [1.807, 2.05) is 19.9 Å². The van der Waals surface area contributed by atoms with Gasteiger partial charge in [-0.3, -0.25) is 9.59 Å². The van der Waals surface area contributed by atoms with Gasteiger partial charge in [0.15, 0.2) is 11.6 Å². The number of hydrogen-bond donors (Lipinski definition) is 3. The normalized spacial score (nSPS) is 12.6. The standard InChI is InChI=1S/C23H21N3O5S.Na/c1-10-8-11(2)21(12(3)19(10)24)26-15-9-16(32(29,30)31)20(25)18-17(15)22(27)13-6-4-5-7-14(13)23(18)28;/h4-9,26H,24-25H2,1-3H3,(H,29,30,31);/q;+1/p-1. The number of ketones is 2. The number of carbonyl (C=O) groups is 2. The number of aryl methyl sites for hydroxylation is 2. The molecule has 8 nitrogen and oxygen atoms in total. The van der Waals surface area contributed by atoms with Gasteiger partial charge in [-0.15, -0.1) is 0 Å².